The van der Waals surface area contributed by atoms with Crippen LogP contribution in [-0.2, 0) is 9.53 Å². The number of amides is 1. The van der Waals surface area contributed by atoms with Crippen molar-refractivity contribution in [1.82, 2.24) is 0 Å². The molecule has 0 aromatic heterocycles. The van der Waals surface area contributed by atoms with Gasteiger partial charge in [0.15, 0.2) is 6.54 Å². The standard InChI is InChI=1S/C20H28N2O3/c1-2-25-20(24)16-7-9-18(10-8-16)21-19(23)14-22-12-11-15-5-3-4-6-17(15)13-22/h7-10,15,17H,2-6,11-14H2,1H3,(H,21,23)/p+1/t15-,17+/m0/s1. The molecule has 1 unspecified atom stereocenters. The Labute approximate surface area is 149 Å². The molecule has 1 saturated heterocycles. The van der Waals surface area contributed by atoms with Crippen molar-refractivity contribution in [3.05, 3.63) is 29.8 Å². The summed E-state index contributed by atoms with van der Waals surface area (Å²) in [5.41, 5.74) is 1.23. The summed E-state index contributed by atoms with van der Waals surface area (Å²) in [6.07, 6.45) is 6.73. The van der Waals surface area contributed by atoms with Gasteiger partial charge in [-0.2, -0.15) is 0 Å². The summed E-state index contributed by atoms with van der Waals surface area (Å²) < 4.78 is 4.96. The number of benzene rings is 1. The molecule has 1 aliphatic heterocycles. The molecule has 1 aliphatic carbocycles. The summed E-state index contributed by atoms with van der Waals surface area (Å²) in [6, 6.07) is 6.89. The van der Waals surface area contributed by atoms with Crippen molar-refractivity contribution in [3.63, 3.8) is 0 Å². The molecular weight excluding hydrogens is 316 g/mol. The summed E-state index contributed by atoms with van der Waals surface area (Å²) in [7, 11) is 0. The van der Waals surface area contributed by atoms with E-state index in [1.54, 1.807) is 31.2 Å². The molecule has 2 fully saturated rings. The van der Waals surface area contributed by atoms with E-state index in [0.717, 1.165) is 30.6 Å². The number of ether oxygens (including phenoxy) is 1. The third kappa shape index (κ3) is 4.82. The maximum Gasteiger partial charge on any atom is 0.338 e. The molecule has 1 aromatic carbocycles. The number of rotatable bonds is 5. The molecule has 0 spiro atoms. The lowest BCUT2D eigenvalue weighted by Gasteiger charge is -2.38. The zero-order valence-electron chi connectivity index (χ0n) is 15.1. The largest absolute Gasteiger partial charge is 0.462 e. The first kappa shape index (κ1) is 17.9. The zero-order chi connectivity index (χ0) is 17.6. The Kier molecular flexibility index (Phi) is 6.08. The van der Waals surface area contributed by atoms with E-state index in [1.807, 2.05) is 0 Å². The highest BCUT2D eigenvalue weighted by molar-refractivity contribution is 5.93. The Morgan fingerprint density at radius 2 is 1.84 bits per heavy atom. The van der Waals surface area contributed by atoms with E-state index < -0.39 is 0 Å². The molecule has 5 heteroatoms. The van der Waals surface area contributed by atoms with Crippen molar-refractivity contribution in [2.24, 2.45) is 11.8 Å². The Hall–Kier alpha value is -1.88. The predicted octanol–water partition coefficient (Wildman–Crippen LogP) is 1.90. The lowest BCUT2D eigenvalue weighted by molar-refractivity contribution is -0.902. The van der Waals surface area contributed by atoms with Crippen molar-refractivity contribution in [2.75, 3.05) is 31.6 Å². The van der Waals surface area contributed by atoms with Gasteiger partial charge in [-0.05, 0) is 56.4 Å². The van der Waals surface area contributed by atoms with Gasteiger partial charge in [-0.1, -0.05) is 12.8 Å². The van der Waals surface area contributed by atoms with Crippen LogP contribution in [0, 0.1) is 11.8 Å². The average Bonchev–Trinajstić information content (AvgIpc) is 2.62. The number of quaternary nitrogens is 1. The molecule has 1 heterocycles. The van der Waals surface area contributed by atoms with E-state index in [2.05, 4.69) is 5.32 Å². The lowest BCUT2D eigenvalue weighted by atomic mass is 9.75. The second kappa shape index (κ2) is 8.48. The summed E-state index contributed by atoms with van der Waals surface area (Å²) in [6.45, 7) is 4.92. The number of carbonyl (C=O) groups is 2. The van der Waals surface area contributed by atoms with E-state index in [4.69, 9.17) is 4.74 Å². The van der Waals surface area contributed by atoms with Gasteiger partial charge in [0, 0.05) is 11.6 Å². The smallest absolute Gasteiger partial charge is 0.338 e. The number of hydrogen-bond donors (Lipinski definition) is 2. The van der Waals surface area contributed by atoms with Gasteiger partial charge in [0.2, 0.25) is 0 Å². The van der Waals surface area contributed by atoms with Gasteiger partial charge in [0.1, 0.15) is 0 Å². The molecule has 5 nitrogen and oxygen atoms in total. The molecule has 3 atom stereocenters. The zero-order valence-corrected chi connectivity index (χ0v) is 15.1. The average molecular weight is 345 g/mol. The van der Waals surface area contributed by atoms with Gasteiger partial charge in [0.25, 0.3) is 5.91 Å². The lowest BCUT2D eigenvalue weighted by Crippen LogP contribution is -3.15. The first-order valence-electron chi connectivity index (χ1n) is 9.56. The van der Waals surface area contributed by atoms with Gasteiger partial charge in [-0.25, -0.2) is 4.79 Å². The number of piperidine rings is 1. The number of esters is 1. The summed E-state index contributed by atoms with van der Waals surface area (Å²) in [5.74, 6) is 1.43. The van der Waals surface area contributed by atoms with Gasteiger partial charge in [0.05, 0.1) is 25.3 Å². The fourth-order valence-corrected chi connectivity index (χ4v) is 4.29. The minimum absolute atomic E-state index is 0.0492. The molecule has 2 aliphatic rings. The van der Waals surface area contributed by atoms with E-state index in [9.17, 15) is 9.59 Å². The molecule has 0 bridgehead atoms. The predicted molar refractivity (Wildman–Crippen MR) is 96.7 cm³/mol. The maximum atomic E-state index is 12.3. The van der Waals surface area contributed by atoms with Crippen LogP contribution in [0.25, 0.3) is 0 Å². The normalized spacial score (nSPS) is 25.7. The van der Waals surface area contributed by atoms with Crippen molar-refractivity contribution in [3.8, 4) is 0 Å². The van der Waals surface area contributed by atoms with Crippen LogP contribution < -0.4 is 10.2 Å². The number of anilines is 1. The summed E-state index contributed by atoms with van der Waals surface area (Å²) >= 11 is 0. The van der Waals surface area contributed by atoms with Crippen molar-refractivity contribution in [1.29, 1.82) is 0 Å². The van der Waals surface area contributed by atoms with Crippen LogP contribution in [0.2, 0.25) is 0 Å². The minimum atomic E-state index is -0.333. The Morgan fingerprint density at radius 1 is 1.12 bits per heavy atom. The van der Waals surface area contributed by atoms with Crippen LogP contribution in [0.1, 0.15) is 49.4 Å². The van der Waals surface area contributed by atoms with Crippen LogP contribution in [0.5, 0.6) is 0 Å². The van der Waals surface area contributed by atoms with E-state index in [1.165, 1.54) is 37.0 Å². The Balaban J connectivity index is 1.48. The van der Waals surface area contributed by atoms with E-state index in [0.29, 0.717) is 18.7 Å². The third-order valence-electron chi connectivity index (χ3n) is 5.58. The maximum absolute atomic E-state index is 12.3. The van der Waals surface area contributed by atoms with Gasteiger partial charge < -0.3 is 15.0 Å². The molecule has 1 saturated carbocycles. The topological polar surface area (TPSA) is 59.8 Å². The molecule has 0 radical (unpaired) electrons. The Morgan fingerprint density at radius 3 is 2.56 bits per heavy atom. The molecule has 136 valence electrons. The molecule has 2 N–H and O–H groups in total. The van der Waals surface area contributed by atoms with E-state index in [-0.39, 0.29) is 11.9 Å². The highest BCUT2D eigenvalue weighted by Crippen LogP contribution is 2.32. The van der Waals surface area contributed by atoms with Crippen LogP contribution in [0.15, 0.2) is 24.3 Å². The van der Waals surface area contributed by atoms with Crippen LogP contribution >= 0.6 is 0 Å². The van der Waals surface area contributed by atoms with Crippen molar-refractivity contribution >= 4 is 17.6 Å². The number of nitrogens with one attached hydrogen (secondary N) is 2. The van der Waals surface area contributed by atoms with Crippen molar-refractivity contribution in [2.45, 2.75) is 39.0 Å². The number of carbonyl (C=O) groups excluding carboxylic acids is 2. The van der Waals surface area contributed by atoms with Gasteiger partial charge >= 0.3 is 5.97 Å². The van der Waals surface area contributed by atoms with Gasteiger partial charge in [-0.15, -0.1) is 0 Å². The third-order valence-corrected chi connectivity index (χ3v) is 5.58. The monoisotopic (exact) mass is 345 g/mol. The van der Waals surface area contributed by atoms with Crippen LogP contribution in [-0.4, -0.2) is 38.1 Å². The van der Waals surface area contributed by atoms with E-state index >= 15 is 0 Å². The molecule has 3 rings (SSSR count). The van der Waals surface area contributed by atoms with Gasteiger partial charge in [-0.3, -0.25) is 4.79 Å². The summed E-state index contributed by atoms with van der Waals surface area (Å²) in [5, 5.41) is 2.95. The highest BCUT2D eigenvalue weighted by Gasteiger charge is 2.34. The minimum Gasteiger partial charge on any atom is -0.462 e. The first-order valence-corrected chi connectivity index (χ1v) is 9.56. The summed E-state index contributed by atoms with van der Waals surface area (Å²) in [4.78, 5) is 25.4. The van der Waals surface area contributed by atoms with Crippen molar-refractivity contribution < 1.29 is 19.2 Å². The number of fused-ring (bicyclic) bond motifs is 1. The van der Waals surface area contributed by atoms with Crippen LogP contribution in [0.4, 0.5) is 5.69 Å². The molecule has 1 aromatic rings. The molecule has 25 heavy (non-hydrogen) atoms. The van der Waals surface area contributed by atoms with Crippen LogP contribution in [0.3, 0.4) is 0 Å². The molecule has 1 amide bonds. The number of hydrogen-bond acceptors (Lipinski definition) is 3. The molecular formula is C20H29N2O3+. The second-order valence-electron chi connectivity index (χ2n) is 7.32. The first-order chi connectivity index (χ1) is 12.2. The quantitative estimate of drug-likeness (QED) is 0.802. The fraction of sp³-hybridized carbons (Fsp3) is 0.600. The highest BCUT2D eigenvalue weighted by atomic mass is 16.5. The fourth-order valence-electron chi connectivity index (χ4n) is 4.29. The SMILES string of the molecule is CCOC(=O)c1ccc(NC(=O)C[NH+]2CC[C@@H]3CCCC[C@@H]3C2)cc1. The Bertz CT molecular complexity index is 599. The number of likely N-dealkylation sites (tertiary alicyclic amines) is 1. The second-order valence-corrected chi connectivity index (χ2v) is 7.32.